The van der Waals surface area contributed by atoms with Gasteiger partial charge in [-0.3, -0.25) is 9.88 Å². The second-order valence-electron chi connectivity index (χ2n) is 8.57. The lowest BCUT2D eigenvalue weighted by molar-refractivity contribution is 0.0696. The predicted molar refractivity (Wildman–Crippen MR) is 127 cm³/mol. The summed E-state index contributed by atoms with van der Waals surface area (Å²) in [4.78, 5) is 18.5. The molecule has 0 spiro atoms. The zero-order chi connectivity index (χ0) is 22.1. The molecule has 1 aliphatic carbocycles. The molecule has 32 heavy (non-hydrogen) atoms. The second-order valence-corrected chi connectivity index (χ2v) is 9.01. The summed E-state index contributed by atoms with van der Waals surface area (Å²) in [5.74, 6) is -0.879. The second kappa shape index (κ2) is 8.89. The van der Waals surface area contributed by atoms with Crippen molar-refractivity contribution in [1.82, 2.24) is 9.88 Å². The molecule has 3 aromatic rings. The number of hydrogen-bond acceptors (Lipinski definition) is 3. The average Bonchev–Trinajstić information content (AvgIpc) is 2.96. The monoisotopic (exact) mass is 444 g/mol. The number of aromatic nitrogens is 1. The number of halogens is 1. The number of carboxylic acids is 1. The van der Waals surface area contributed by atoms with Gasteiger partial charge in [0, 0.05) is 36.4 Å². The molecule has 4 nitrogen and oxygen atoms in total. The van der Waals surface area contributed by atoms with Gasteiger partial charge in [0.25, 0.3) is 0 Å². The lowest BCUT2D eigenvalue weighted by atomic mass is 9.88. The van der Waals surface area contributed by atoms with E-state index in [2.05, 4.69) is 23.1 Å². The van der Waals surface area contributed by atoms with Crippen LogP contribution in [0, 0.1) is 0 Å². The summed E-state index contributed by atoms with van der Waals surface area (Å²) in [6.07, 6.45) is 5.79. The molecule has 1 aliphatic heterocycles. The summed E-state index contributed by atoms with van der Waals surface area (Å²) in [6.45, 7) is 2.66. The van der Waals surface area contributed by atoms with Crippen LogP contribution in [-0.4, -0.2) is 34.0 Å². The summed E-state index contributed by atoms with van der Waals surface area (Å²) in [7, 11) is 0. The molecule has 0 amide bonds. The molecule has 2 aromatic carbocycles. The molecule has 0 unspecified atom stereocenters. The van der Waals surface area contributed by atoms with Crippen molar-refractivity contribution in [3.05, 3.63) is 105 Å². The molecule has 5 rings (SSSR count). The van der Waals surface area contributed by atoms with Crippen LogP contribution in [-0.2, 0) is 19.4 Å². The van der Waals surface area contributed by atoms with Gasteiger partial charge in [-0.05, 0) is 78.3 Å². The highest BCUT2D eigenvalue weighted by Gasteiger charge is 2.25. The number of rotatable bonds is 3. The molecule has 1 aromatic heterocycles. The van der Waals surface area contributed by atoms with E-state index in [1.807, 2.05) is 30.5 Å². The number of carbonyl (C=O) groups is 1. The first-order chi connectivity index (χ1) is 15.6. The molecule has 1 fully saturated rings. The fourth-order valence-electron chi connectivity index (χ4n) is 4.93. The summed E-state index contributed by atoms with van der Waals surface area (Å²) in [5, 5.41) is 10.0. The Morgan fingerprint density at radius 1 is 0.969 bits per heavy atom. The minimum absolute atomic E-state index is 0.346. The first kappa shape index (κ1) is 20.9. The van der Waals surface area contributed by atoms with Gasteiger partial charge < -0.3 is 5.11 Å². The van der Waals surface area contributed by atoms with E-state index in [1.54, 1.807) is 12.1 Å². The van der Waals surface area contributed by atoms with Gasteiger partial charge in [-0.1, -0.05) is 41.4 Å². The largest absolute Gasteiger partial charge is 0.478 e. The molecule has 2 heterocycles. The highest BCUT2D eigenvalue weighted by molar-refractivity contribution is 6.30. The summed E-state index contributed by atoms with van der Waals surface area (Å²) >= 11 is 6.33. The van der Waals surface area contributed by atoms with Crippen molar-refractivity contribution in [2.45, 2.75) is 32.2 Å². The molecule has 0 atom stereocenters. The van der Waals surface area contributed by atoms with Crippen molar-refractivity contribution >= 4 is 23.1 Å². The zero-order valence-electron chi connectivity index (χ0n) is 17.9. The number of hydrogen-bond donors (Lipinski definition) is 1. The minimum atomic E-state index is -0.879. The number of carboxylic acid groups (broad SMARTS) is 1. The fourth-order valence-corrected chi connectivity index (χ4v) is 5.12. The van der Waals surface area contributed by atoms with Gasteiger partial charge >= 0.3 is 5.97 Å². The topological polar surface area (TPSA) is 53.4 Å². The maximum absolute atomic E-state index is 11.3. The van der Waals surface area contributed by atoms with Crippen molar-refractivity contribution in [2.75, 3.05) is 13.1 Å². The van der Waals surface area contributed by atoms with Gasteiger partial charge in [0.05, 0.1) is 11.3 Å². The highest BCUT2D eigenvalue weighted by Crippen LogP contribution is 2.38. The van der Waals surface area contributed by atoms with Crippen LogP contribution >= 0.6 is 11.6 Å². The Kier molecular flexibility index (Phi) is 5.81. The number of likely N-dealkylation sites (tertiary alicyclic amines) is 1. The van der Waals surface area contributed by atoms with Crippen LogP contribution in [0.2, 0.25) is 5.02 Å². The molecule has 0 bridgehead atoms. The predicted octanol–water partition coefficient (Wildman–Crippen LogP) is 5.63. The van der Waals surface area contributed by atoms with E-state index in [9.17, 15) is 9.90 Å². The van der Waals surface area contributed by atoms with Crippen LogP contribution in [0.4, 0.5) is 0 Å². The smallest absolute Gasteiger partial charge is 0.335 e. The van der Waals surface area contributed by atoms with Crippen LogP contribution in [0.25, 0.3) is 5.57 Å². The van der Waals surface area contributed by atoms with Gasteiger partial charge in [-0.25, -0.2) is 4.79 Å². The van der Waals surface area contributed by atoms with E-state index in [0.717, 1.165) is 61.6 Å². The van der Waals surface area contributed by atoms with E-state index in [1.165, 1.54) is 27.8 Å². The quantitative estimate of drug-likeness (QED) is 0.568. The number of pyridine rings is 1. The SMILES string of the molecule is O=C(O)c1cccc(CN2CCC(=C3c4ccc(Cl)cc4CCc4cccnc43)CC2)c1. The first-order valence-corrected chi connectivity index (χ1v) is 11.5. The molecule has 162 valence electrons. The Morgan fingerprint density at radius 2 is 1.78 bits per heavy atom. The molecule has 2 aliphatic rings. The molecule has 0 saturated carbocycles. The van der Waals surface area contributed by atoms with Crippen molar-refractivity contribution in [1.29, 1.82) is 0 Å². The van der Waals surface area contributed by atoms with Crippen LogP contribution in [0.15, 0.2) is 66.4 Å². The van der Waals surface area contributed by atoms with Gasteiger partial charge in [0.2, 0.25) is 0 Å². The summed E-state index contributed by atoms with van der Waals surface area (Å²) in [6, 6.07) is 17.7. The third kappa shape index (κ3) is 4.21. The number of benzene rings is 2. The Hall–Kier alpha value is -2.95. The normalized spacial score (nSPS) is 16.3. The van der Waals surface area contributed by atoms with Crippen LogP contribution in [0.3, 0.4) is 0 Å². The third-order valence-corrected chi connectivity index (χ3v) is 6.76. The highest BCUT2D eigenvalue weighted by atomic mass is 35.5. The molecular formula is C27H25ClN2O2. The third-order valence-electron chi connectivity index (χ3n) is 6.52. The van der Waals surface area contributed by atoms with E-state index in [-0.39, 0.29) is 0 Å². The molecule has 5 heteroatoms. The molecule has 0 radical (unpaired) electrons. The first-order valence-electron chi connectivity index (χ1n) is 11.1. The van der Waals surface area contributed by atoms with Gasteiger partial charge in [-0.15, -0.1) is 0 Å². The zero-order valence-corrected chi connectivity index (χ0v) is 18.6. The summed E-state index contributed by atoms with van der Waals surface area (Å²) < 4.78 is 0. The Morgan fingerprint density at radius 3 is 2.59 bits per heavy atom. The van der Waals surface area contributed by atoms with Crippen molar-refractivity contribution in [2.24, 2.45) is 0 Å². The van der Waals surface area contributed by atoms with Crippen LogP contribution in [0.1, 0.15) is 51.1 Å². The van der Waals surface area contributed by atoms with Gasteiger partial charge in [0.1, 0.15) is 0 Å². The van der Waals surface area contributed by atoms with Crippen molar-refractivity contribution < 1.29 is 9.90 Å². The van der Waals surface area contributed by atoms with E-state index in [0.29, 0.717) is 5.56 Å². The Bertz CT molecular complexity index is 1210. The number of aromatic carboxylic acids is 1. The summed E-state index contributed by atoms with van der Waals surface area (Å²) in [5.41, 5.74) is 9.11. The van der Waals surface area contributed by atoms with E-state index < -0.39 is 5.97 Å². The average molecular weight is 445 g/mol. The minimum Gasteiger partial charge on any atom is -0.478 e. The number of fused-ring (bicyclic) bond motifs is 2. The number of piperidine rings is 1. The standard InChI is InChI=1S/C27H25ClN2O2/c28-23-8-9-24-21(16-23)7-6-20-5-2-12-29-26(20)25(24)19-10-13-30(14-11-19)17-18-3-1-4-22(15-18)27(31)32/h1-5,8-9,12,15-16H,6-7,10-11,13-14,17H2,(H,31,32). The van der Waals surface area contributed by atoms with Crippen LogP contribution < -0.4 is 0 Å². The lowest BCUT2D eigenvalue weighted by Gasteiger charge is -2.30. The number of nitrogens with zero attached hydrogens (tertiary/aromatic N) is 2. The maximum Gasteiger partial charge on any atom is 0.335 e. The van der Waals surface area contributed by atoms with E-state index >= 15 is 0 Å². The van der Waals surface area contributed by atoms with Gasteiger partial charge in [0.15, 0.2) is 0 Å². The van der Waals surface area contributed by atoms with Crippen LogP contribution in [0.5, 0.6) is 0 Å². The van der Waals surface area contributed by atoms with Crippen molar-refractivity contribution in [3.8, 4) is 0 Å². The Labute approximate surface area is 193 Å². The maximum atomic E-state index is 11.3. The Balaban J connectivity index is 1.44. The lowest BCUT2D eigenvalue weighted by Crippen LogP contribution is -2.30. The van der Waals surface area contributed by atoms with E-state index in [4.69, 9.17) is 16.6 Å². The molecule has 1 saturated heterocycles. The molecule has 1 N–H and O–H groups in total. The fraction of sp³-hybridized carbons (Fsp3) is 0.259. The number of aryl methyl sites for hydroxylation is 2. The molecular weight excluding hydrogens is 420 g/mol. The van der Waals surface area contributed by atoms with Gasteiger partial charge in [-0.2, -0.15) is 0 Å². The van der Waals surface area contributed by atoms with Crippen molar-refractivity contribution in [3.63, 3.8) is 0 Å².